The Morgan fingerprint density at radius 3 is 1.68 bits per heavy atom. The Balaban J connectivity index is 2.24. The van der Waals surface area contributed by atoms with Crippen molar-refractivity contribution in [1.29, 1.82) is 0 Å². The van der Waals surface area contributed by atoms with E-state index in [-0.39, 0.29) is 31.6 Å². The van der Waals surface area contributed by atoms with Gasteiger partial charge in [0.05, 0.1) is 6.04 Å². The largest absolute Gasteiger partial charge is 0.480 e. The van der Waals surface area contributed by atoms with Crippen LogP contribution >= 0.6 is 0 Å². The van der Waals surface area contributed by atoms with Crippen LogP contribution in [-0.2, 0) is 36.8 Å². The molecule has 2 aromatic carbocycles. The molecule has 11 heteroatoms. The zero-order chi connectivity index (χ0) is 29.7. The first-order valence-corrected chi connectivity index (χ1v) is 13.3. The quantitative estimate of drug-likeness (QED) is 0.176. The van der Waals surface area contributed by atoms with E-state index in [0.717, 1.165) is 5.56 Å². The number of rotatable bonds is 16. The average Bonchev–Trinajstić information content (AvgIpc) is 2.94. The van der Waals surface area contributed by atoms with Crippen LogP contribution in [0.3, 0.4) is 0 Å². The first-order chi connectivity index (χ1) is 19.0. The second kappa shape index (κ2) is 16.0. The maximum Gasteiger partial charge on any atom is 0.326 e. The molecule has 0 bridgehead atoms. The number of nitrogens with two attached hydrogens (primary N) is 2. The number of nitrogens with one attached hydrogen (secondary N) is 3. The van der Waals surface area contributed by atoms with Crippen molar-refractivity contribution in [3.8, 4) is 0 Å². The predicted octanol–water partition coefficient (Wildman–Crippen LogP) is 0.650. The van der Waals surface area contributed by atoms with Gasteiger partial charge in [0.2, 0.25) is 23.6 Å². The van der Waals surface area contributed by atoms with Crippen molar-refractivity contribution in [3.05, 3.63) is 71.8 Å². The summed E-state index contributed by atoms with van der Waals surface area (Å²) in [6, 6.07) is 13.2. The average molecular weight is 554 g/mol. The summed E-state index contributed by atoms with van der Waals surface area (Å²) in [7, 11) is 0. The van der Waals surface area contributed by atoms with Crippen molar-refractivity contribution in [2.75, 3.05) is 0 Å². The van der Waals surface area contributed by atoms with E-state index in [0.29, 0.717) is 12.0 Å². The van der Waals surface area contributed by atoms with Gasteiger partial charge in [0.1, 0.15) is 18.1 Å². The Hall–Kier alpha value is -4.25. The number of benzene rings is 2. The standard InChI is InChI=1S/C29H39N5O6/c1-3-18(2)25(31)28(38)33-22(16-19-10-6-4-7-11-19)27(37)32-21(14-15-24(30)35)26(36)34-23(29(39)40)17-20-12-8-5-9-13-20/h4-13,18,21-23,25H,3,14-17,31H2,1-2H3,(H2,30,35)(H,32,37)(H,33,38)(H,34,36)(H,39,40). The van der Waals surface area contributed by atoms with Crippen molar-refractivity contribution < 1.29 is 29.1 Å². The molecule has 4 amide bonds. The Kier molecular flexibility index (Phi) is 12.8. The van der Waals surface area contributed by atoms with E-state index in [1.54, 1.807) is 54.6 Å². The molecule has 0 aromatic heterocycles. The fraction of sp³-hybridized carbons (Fsp3) is 0.414. The molecule has 5 atom stereocenters. The number of carboxylic acids is 1. The van der Waals surface area contributed by atoms with Crippen molar-refractivity contribution in [2.45, 2.75) is 70.1 Å². The third kappa shape index (κ3) is 10.5. The third-order valence-electron chi connectivity index (χ3n) is 6.69. The summed E-state index contributed by atoms with van der Waals surface area (Å²) in [5, 5.41) is 17.4. The SMILES string of the molecule is CCC(C)C(N)C(=O)NC(Cc1ccccc1)C(=O)NC(CCC(N)=O)C(=O)NC(Cc1ccccc1)C(=O)O. The molecule has 0 radical (unpaired) electrons. The van der Waals surface area contributed by atoms with Crippen LogP contribution in [0.5, 0.6) is 0 Å². The second-order valence-electron chi connectivity index (χ2n) is 9.82. The van der Waals surface area contributed by atoms with Gasteiger partial charge in [-0.05, 0) is 23.5 Å². The summed E-state index contributed by atoms with van der Waals surface area (Å²) < 4.78 is 0. The molecule has 0 fully saturated rings. The zero-order valence-electron chi connectivity index (χ0n) is 22.8. The van der Waals surface area contributed by atoms with Crippen LogP contribution in [0.25, 0.3) is 0 Å². The fourth-order valence-corrected chi connectivity index (χ4v) is 3.99. The number of amides is 4. The minimum atomic E-state index is -1.28. The Morgan fingerprint density at radius 2 is 1.20 bits per heavy atom. The zero-order valence-corrected chi connectivity index (χ0v) is 22.8. The highest BCUT2D eigenvalue weighted by Crippen LogP contribution is 2.10. The lowest BCUT2D eigenvalue weighted by molar-refractivity contribution is -0.142. The highest BCUT2D eigenvalue weighted by Gasteiger charge is 2.31. The smallest absolute Gasteiger partial charge is 0.326 e. The second-order valence-corrected chi connectivity index (χ2v) is 9.82. The van der Waals surface area contributed by atoms with Crippen LogP contribution in [0.4, 0.5) is 0 Å². The highest BCUT2D eigenvalue weighted by molar-refractivity contribution is 5.94. The van der Waals surface area contributed by atoms with Crippen LogP contribution in [0.15, 0.2) is 60.7 Å². The lowest BCUT2D eigenvalue weighted by Gasteiger charge is -2.26. The van der Waals surface area contributed by atoms with E-state index >= 15 is 0 Å². The first-order valence-electron chi connectivity index (χ1n) is 13.3. The number of carboxylic acid groups (broad SMARTS) is 1. The summed E-state index contributed by atoms with van der Waals surface area (Å²) >= 11 is 0. The molecule has 0 saturated heterocycles. The normalized spacial score (nSPS) is 14.6. The molecule has 216 valence electrons. The van der Waals surface area contributed by atoms with E-state index in [4.69, 9.17) is 11.5 Å². The molecule has 8 N–H and O–H groups in total. The Labute approximate surface area is 234 Å². The number of carbonyl (C=O) groups is 5. The van der Waals surface area contributed by atoms with Gasteiger partial charge >= 0.3 is 5.97 Å². The van der Waals surface area contributed by atoms with Crippen LogP contribution in [0, 0.1) is 5.92 Å². The topological polar surface area (TPSA) is 194 Å². The highest BCUT2D eigenvalue weighted by atomic mass is 16.4. The summed E-state index contributed by atoms with van der Waals surface area (Å²) in [6.45, 7) is 3.73. The van der Waals surface area contributed by atoms with Gasteiger partial charge in [-0.25, -0.2) is 4.79 Å². The molecule has 0 saturated carbocycles. The van der Waals surface area contributed by atoms with E-state index < -0.39 is 53.8 Å². The van der Waals surface area contributed by atoms with Crippen LogP contribution in [0.1, 0.15) is 44.2 Å². The van der Waals surface area contributed by atoms with Crippen molar-refractivity contribution in [3.63, 3.8) is 0 Å². The molecule has 0 aliphatic heterocycles. The number of hydrogen-bond donors (Lipinski definition) is 6. The molecule has 0 spiro atoms. The van der Waals surface area contributed by atoms with E-state index in [1.165, 1.54) is 0 Å². The van der Waals surface area contributed by atoms with Gasteiger partial charge in [0, 0.05) is 19.3 Å². The predicted molar refractivity (Wildman–Crippen MR) is 150 cm³/mol. The van der Waals surface area contributed by atoms with Gasteiger partial charge in [-0.15, -0.1) is 0 Å². The molecule has 40 heavy (non-hydrogen) atoms. The minimum absolute atomic E-state index is 0.0125. The molecule has 0 heterocycles. The summed E-state index contributed by atoms with van der Waals surface area (Å²) in [5.41, 5.74) is 12.8. The summed E-state index contributed by atoms with van der Waals surface area (Å²) in [6.07, 6.45) is 0.389. The third-order valence-corrected chi connectivity index (χ3v) is 6.69. The lowest BCUT2D eigenvalue weighted by Crippen LogP contribution is -2.58. The molecule has 0 aliphatic rings. The molecule has 2 aromatic rings. The van der Waals surface area contributed by atoms with Gasteiger partial charge < -0.3 is 32.5 Å². The van der Waals surface area contributed by atoms with Crippen molar-refractivity contribution in [1.82, 2.24) is 16.0 Å². The lowest BCUT2D eigenvalue weighted by atomic mass is 9.98. The molecular formula is C29H39N5O6. The van der Waals surface area contributed by atoms with Crippen LogP contribution in [-0.4, -0.2) is 58.9 Å². The molecule has 11 nitrogen and oxygen atoms in total. The summed E-state index contributed by atoms with van der Waals surface area (Å²) in [4.78, 5) is 62.9. The van der Waals surface area contributed by atoms with Gasteiger partial charge in [0.25, 0.3) is 0 Å². The first kappa shape index (κ1) is 32.0. The van der Waals surface area contributed by atoms with Crippen molar-refractivity contribution in [2.24, 2.45) is 17.4 Å². The molecule has 0 aliphatic carbocycles. The van der Waals surface area contributed by atoms with Gasteiger partial charge in [-0.3, -0.25) is 19.2 Å². The Morgan fingerprint density at radius 1 is 0.750 bits per heavy atom. The Bertz CT molecular complexity index is 1140. The molecule has 2 rings (SSSR count). The minimum Gasteiger partial charge on any atom is -0.480 e. The van der Waals surface area contributed by atoms with Crippen LogP contribution in [0.2, 0.25) is 0 Å². The van der Waals surface area contributed by atoms with E-state index in [9.17, 15) is 29.1 Å². The van der Waals surface area contributed by atoms with E-state index in [1.807, 2.05) is 19.9 Å². The number of carbonyl (C=O) groups excluding carboxylic acids is 4. The van der Waals surface area contributed by atoms with Crippen molar-refractivity contribution >= 4 is 29.6 Å². The van der Waals surface area contributed by atoms with Gasteiger partial charge in [-0.2, -0.15) is 0 Å². The van der Waals surface area contributed by atoms with Gasteiger partial charge in [-0.1, -0.05) is 80.9 Å². The monoisotopic (exact) mass is 553 g/mol. The van der Waals surface area contributed by atoms with Gasteiger partial charge in [0.15, 0.2) is 0 Å². The molecular weight excluding hydrogens is 514 g/mol. The van der Waals surface area contributed by atoms with E-state index in [2.05, 4.69) is 16.0 Å². The van der Waals surface area contributed by atoms with Crippen LogP contribution < -0.4 is 27.4 Å². The maximum atomic E-state index is 13.4. The molecule has 5 unspecified atom stereocenters. The number of aliphatic carboxylic acids is 1. The maximum absolute atomic E-state index is 13.4. The number of hydrogen-bond acceptors (Lipinski definition) is 6. The number of primary amides is 1. The fourth-order valence-electron chi connectivity index (χ4n) is 3.99. The summed E-state index contributed by atoms with van der Waals surface area (Å²) in [5.74, 6) is -4.08.